The van der Waals surface area contributed by atoms with Crippen LogP contribution in [0.3, 0.4) is 0 Å². The van der Waals surface area contributed by atoms with Crippen LogP contribution in [0.15, 0.2) is 50.6 Å². The van der Waals surface area contributed by atoms with Crippen molar-refractivity contribution in [2.75, 3.05) is 11.6 Å². The molecular weight excluding hydrogens is 407 g/mol. The third kappa shape index (κ3) is 3.67. The first-order valence-electron chi connectivity index (χ1n) is 8.34. The Morgan fingerprint density at radius 2 is 1.86 bits per heavy atom. The quantitative estimate of drug-likeness (QED) is 0.567. The van der Waals surface area contributed by atoms with Crippen LogP contribution in [0.2, 0.25) is 0 Å². The van der Waals surface area contributed by atoms with E-state index in [1.807, 2.05) is 0 Å². The van der Waals surface area contributed by atoms with E-state index in [2.05, 4.69) is 14.7 Å². The van der Waals surface area contributed by atoms with Crippen molar-refractivity contribution in [1.29, 1.82) is 0 Å². The molecule has 12 heteroatoms. The molecule has 1 aromatic heterocycles. The number of nitrogens with zero attached hydrogens (tertiary/aromatic N) is 3. The molecule has 2 heterocycles. The van der Waals surface area contributed by atoms with Crippen molar-refractivity contribution in [2.24, 2.45) is 0 Å². The van der Waals surface area contributed by atoms with Crippen molar-refractivity contribution in [1.82, 2.24) is 14.4 Å². The predicted molar refractivity (Wildman–Crippen MR) is 97.1 cm³/mol. The van der Waals surface area contributed by atoms with Gasteiger partial charge in [-0.25, -0.2) is 17.6 Å². The number of aromatic amines is 1. The number of nitrogens with one attached hydrogen (secondary N) is 1. The average molecular weight is 422 g/mol. The average Bonchev–Trinajstić information content (AvgIpc) is 3.03. The Morgan fingerprint density at radius 3 is 2.52 bits per heavy atom. The standard InChI is InChI=1S/C17H15FN4O6S/c18-11-1-2-14-15(5-11)29(26,27)22(7-10-3-12(23)6-13(24)4-10)9-21(14)8-16-19-17(25)28-20-16/h1-6,23-24H,7-9H2,(H,19,20,25). The number of hydrogen-bond donors (Lipinski definition) is 3. The van der Waals surface area contributed by atoms with Gasteiger partial charge in [-0.2, -0.15) is 4.31 Å². The Bertz CT molecular complexity index is 1220. The zero-order valence-corrected chi connectivity index (χ0v) is 15.6. The minimum Gasteiger partial charge on any atom is -0.508 e. The number of fused-ring (bicyclic) bond motifs is 1. The van der Waals surface area contributed by atoms with Gasteiger partial charge >= 0.3 is 5.76 Å². The normalized spacial score (nSPS) is 16.0. The van der Waals surface area contributed by atoms with E-state index < -0.39 is 21.6 Å². The first-order valence-corrected chi connectivity index (χ1v) is 9.78. The molecule has 0 aliphatic carbocycles. The SMILES string of the molecule is O=c1[nH]c(CN2CN(Cc3cc(O)cc(O)c3)S(=O)(=O)c3cc(F)ccc32)no1. The van der Waals surface area contributed by atoms with Gasteiger partial charge in [0.25, 0.3) is 0 Å². The maximum atomic E-state index is 13.8. The second-order valence-corrected chi connectivity index (χ2v) is 8.37. The van der Waals surface area contributed by atoms with Crippen LogP contribution in [0.4, 0.5) is 10.1 Å². The Balaban J connectivity index is 1.75. The first-order chi connectivity index (χ1) is 13.7. The van der Waals surface area contributed by atoms with Gasteiger partial charge in [-0.1, -0.05) is 5.16 Å². The lowest BCUT2D eigenvalue weighted by Gasteiger charge is -2.37. The van der Waals surface area contributed by atoms with Crippen LogP contribution in [-0.2, 0) is 23.1 Å². The van der Waals surface area contributed by atoms with E-state index in [1.54, 1.807) is 4.90 Å². The summed E-state index contributed by atoms with van der Waals surface area (Å²) in [5, 5.41) is 22.9. The molecule has 0 saturated carbocycles. The van der Waals surface area contributed by atoms with Crippen molar-refractivity contribution in [3.8, 4) is 11.5 Å². The van der Waals surface area contributed by atoms with Crippen LogP contribution in [-0.4, -0.2) is 39.7 Å². The van der Waals surface area contributed by atoms with Crippen molar-refractivity contribution in [3.63, 3.8) is 0 Å². The van der Waals surface area contributed by atoms with Crippen LogP contribution >= 0.6 is 0 Å². The monoisotopic (exact) mass is 422 g/mol. The predicted octanol–water partition coefficient (Wildman–Crippen LogP) is 1.08. The summed E-state index contributed by atoms with van der Waals surface area (Å²) < 4.78 is 45.4. The molecule has 2 aromatic carbocycles. The molecule has 152 valence electrons. The maximum absolute atomic E-state index is 13.8. The van der Waals surface area contributed by atoms with E-state index in [0.717, 1.165) is 22.5 Å². The summed E-state index contributed by atoms with van der Waals surface area (Å²) in [6.45, 7) is -0.333. The van der Waals surface area contributed by atoms with E-state index in [1.165, 1.54) is 18.2 Å². The highest BCUT2D eigenvalue weighted by molar-refractivity contribution is 7.89. The molecule has 29 heavy (non-hydrogen) atoms. The molecule has 0 bridgehead atoms. The zero-order chi connectivity index (χ0) is 20.8. The minimum atomic E-state index is -4.08. The number of phenols is 2. The number of anilines is 1. The van der Waals surface area contributed by atoms with E-state index in [4.69, 9.17) is 0 Å². The number of rotatable bonds is 4. The van der Waals surface area contributed by atoms with Gasteiger partial charge in [-0.3, -0.25) is 9.51 Å². The van der Waals surface area contributed by atoms with E-state index in [0.29, 0.717) is 5.56 Å². The lowest BCUT2D eigenvalue weighted by Crippen LogP contribution is -2.45. The molecule has 0 unspecified atom stereocenters. The topological polar surface area (TPSA) is 140 Å². The third-order valence-electron chi connectivity index (χ3n) is 4.36. The number of aromatic hydroxyl groups is 2. The Kier molecular flexibility index (Phi) is 4.51. The Hall–Kier alpha value is -3.38. The van der Waals surface area contributed by atoms with Gasteiger partial charge in [0, 0.05) is 12.6 Å². The van der Waals surface area contributed by atoms with Crippen LogP contribution in [0, 0.1) is 5.82 Å². The fraction of sp³-hybridized carbons (Fsp3) is 0.176. The van der Waals surface area contributed by atoms with Gasteiger partial charge in [0.1, 0.15) is 22.2 Å². The highest BCUT2D eigenvalue weighted by Crippen LogP contribution is 2.35. The molecule has 0 saturated heterocycles. The largest absolute Gasteiger partial charge is 0.508 e. The molecule has 0 radical (unpaired) electrons. The van der Waals surface area contributed by atoms with Crippen LogP contribution in [0.25, 0.3) is 0 Å². The summed E-state index contributed by atoms with van der Waals surface area (Å²) in [5.41, 5.74) is 0.575. The molecule has 1 aliphatic heterocycles. The molecule has 0 spiro atoms. The van der Waals surface area contributed by atoms with Crippen molar-refractivity contribution >= 4 is 15.7 Å². The van der Waals surface area contributed by atoms with Gasteiger partial charge in [0.05, 0.1) is 18.9 Å². The minimum absolute atomic E-state index is 0.00167. The molecular formula is C17H15FN4O6S. The van der Waals surface area contributed by atoms with E-state index >= 15 is 0 Å². The summed E-state index contributed by atoms with van der Waals surface area (Å²) >= 11 is 0. The Morgan fingerprint density at radius 1 is 1.14 bits per heavy atom. The summed E-state index contributed by atoms with van der Waals surface area (Å²) in [6.07, 6.45) is 0. The molecule has 3 N–H and O–H groups in total. The molecule has 0 atom stereocenters. The molecule has 4 rings (SSSR count). The molecule has 3 aromatic rings. The number of sulfonamides is 1. The summed E-state index contributed by atoms with van der Waals surface area (Å²) in [5.74, 6) is -1.76. The van der Waals surface area contributed by atoms with Gasteiger partial charge < -0.3 is 15.1 Å². The van der Waals surface area contributed by atoms with Gasteiger partial charge in [0.2, 0.25) is 10.0 Å². The number of hydrogen-bond acceptors (Lipinski definition) is 8. The van der Waals surface area contributed by atoms with Crippen LogP contribution in [0.1, 0.15) is 11.4 Å². The first kappa shape index (κ1) is 19.0. The molecule has 0 amide bonds. The molecule has 1 aliphatic rings. The highest BCUT2D eigenvalue weighted by atomic mass is 32.2. The third-order valence-corrected chi connectivity index (χ3v) is 6.16. The van der Waals surface area contributed by atoms with Crippen molar-refractivity contribution < 1.29 is 27.5 Å². The second-order valence-electron chi connectivity index (χ2n) is 6.47. The fourth-order valence-electron chi connectivity index (χ4n) is 3.17. The van der Waals surface area contributed by atoms with E-state index in [-0.39, 0.29) is 47.7 Å². The lowest BCUT2D eigenvalue weighted by atomic mass is 10.2. The fourth-order valence-corrected chi connectivity index (χ4v) is 4.78. The number of halogens is 1. The van der Waals surface area contributed by atoms with Crippen LogP contribution < -0.4 is 10.7 Å². The van der Waals surface area contributed by atoms with Gasteiger partial charge in [-0.05, 0) is 35.9 Å². The van der Waals surface area contributed by atoms with Crippen molar-refractivity contribution in [3.05, 3.63) is 64.2 Å². The van der Waals surface area contributed by atoms with Crippen molar-refractivity contribution in [2.45, 2.75) is 18.0 Å². The smallest absolute Gasteiger partial charge is 0.438 e. The zero-order valence-electron chi connectivity index (χ0n) is 14.7. The summed E-state index contributed by atoms with van der Waals surface area (Å²) in [6, 6.07) is 7.13. The van der Waals surface area contributed by atoms with Crippen LogP contribution in [0.5, 0.6) is 11.5 Å². The summed E-state index contributed by atoms with van der Waals surface area (Å²) in [4.78, 5) is 14.9. The maximum Gasteiger partial charge on any atom is 0.438 e. The van der Waals surface area contributed by atoms with E-state index in [9.17, 15) is 27.8 Å². The number of phenolic OH excluding ortho intramolecular Hbond substituents is 2. The number of aromatic nitrogens is 2. The van der Waals surface area contributed by atoms with Gasteiger partial charge in [0.15, 0.2) is 5.82 Å². The lowest BCUT2D eigenvalue weighted by molar-refractivity contribution is 0.370. The summed E-state index contributed by atoms with van der Waals surface area (Å²) in [7, 11) is -4.08. The highest BCUT2D eigenvalue weighted by Gasteiger charge is 2.36. The number of benzene rings is 2. The molecule has 0 fully saturated rings. The second kappa shape index (κ2) is 6.90. The molecule has 10 nitrogen and oxygen atoms in total. The Labute approximate surface area is 163 Å². The number of H-pyrrole nitrogens is 1. The van der Waals surface area contributed by atoms with Gasteiger partial charge in [-0.15, -0.1) is 0 Å².